The van der Waals surface area contributed by atoms with Gasteiger partial charge in [0.25, 0.3) is 0 Å². The van der Waals surface area contributed by atoms with E-state index < -0.39 is 0 Å². The lowest BCUT2D eigenvalue weighted by molar-refractivity contribution is 0.417. The molecule has 4 unspecified atom stereocenters. The third kappa shape index (κ3) is 4.46. The zero-order valence-electron chi connectivity index (χ0n) is 13.3. The molecule has 0 saturated heterocycles. The van der Waals surface area contributed by atoms with Crippen LogP contribution in [0.5, 0.6) is 0 Å². The van der Waals surface area contributed by atoms with E-state index in [0.29, 0.717) is 0 Å². The van der Waals surface area contributed by atoms with Crippen LogP contribution in [0.4, 0.5) is 0 Å². The maximum atomic E-state index is 2.43. The second-order valence-electron chi connectivity index (χ2n) is 7.15. The molecule has 0 radical (unpaired) electrons. The molecule has 5 aliphatic rings. The molecule has 5 rings (SSSR count). The molecule has 0 saturated carbocycles. The van der Waals surface area contributed by atoms with Crippen molar-refractivity contribution in [3.63, 3.8) is 0 Å². The fourth-order valence-electron chi connectivity index (χ4n) is 4.16. The molecule has 21 heavy (non-hydrogen) atoms. The van der Waals surface area contributed by atoms with E-state index in [1.54, 1.807) is 0 Å². The quantitative estimate of drug-likeness (QED) is 0.462. The number of hydrogen-bond acceptors (Lipinski definition) is 0. The van der Waals surface area contributed by atoms with Crippen LogP contribution in [0.2, 0.25) is 0 Å². The molecule has 0 amide bonds. The van der Waals surface area contributed by atoms with E-state index in [-0.39, 0.29) is 0 Å². The molecule has 2 bridgehead atoms. The van der Waals surface area contributed by atoms with Crippen molar-refractivity contribution in [1.82, 2.24) is 0 Å². The van der Waals surface area contributed by atoms with Crippen LogP contribution in [0.15, 0.2) is 48.6 Å². The van der Waals surface area contributed by atoms with Crippen LogP contribution in [0.25, 0.3) is 0 Å². The van der Waals surface area contributed by atoms with Crippen LogP contribution < -0.4 is 0 Å². The summed E-state index contributed by atoms with van der Waals surface area (Å²) in [6, 6.07) is 0. The van der Waals surface area contributed by atoms with Crippen molar-refractivity contribution in [1.29, 1.82) is 0 Å². The molecule has 114 valence electrons. The van der Waals surface area contributed by atoms with Crippen molar-refractivity contribution < 1.29 is 0 Å². The zero-order valence-corrected chi connectivity index (χ0v) is 13.3. The van der Waals surface area contributed by atoms with Crippen LogP contribution in [0, 0.1) is 23.7 Å². The molecule has 0 aliphatic heterocycles. The summed E-state index contributed by atoms with van der Waals surface area (Å²) < 4.78 is 0. The molecule has 5 aliphatic carbocycles. The monoisotopic (exact) mass is 282 g/mol. The van der Waals surface area contributed by atoms with Gasteiger partial charge in [0.2, 0.25) is 0 Å². The standard InChI is InChI=1S/C11H16.C10H14/c1-4-10-6-2-7-11(5-1)9-3-8-10;1-2-5-9-7-4-8-10(9)6-3-1/h1-2,4,7,10-11H,3,5-6,8-9H2;1-2,4,8-10H,3,5-7H2/b4-1+,7-2?;. The summed E-state index contributed by atoms with van der Waals surface area (Å²) in [5, 5.41) is 0. The summed E-state index contributed by atoms with van der Waals surface area (Å²) in [7, 11) is 0. The largest absolute Gasteiger partial charge is 0.0885 e. The maximum absolute atomic E-state index is 2.43. The molecule has 0 fully saturated rings. The molecule has 0 nitrogen and oxygen atoms in total. The van der Waals surface area contributed by atoms with Crippen LogP contribution in [0.3, 0.4) is 0 Å². The van der Waals surface area contributed by atoms with E-state index in [1.165, 1.54) is 57.8 Å². The average Bonchev–Trinajstić information content (AvgIpc) is 2.74. The van der Waals surface area contributed by atoms with Gasteiger partial charge in [-0.2, -0.15) is 0 Å². The Bertz CT molecular complexity index is 403. The molecular weight excluding hydrogens is 252 g/mol. The number of rotatable bonds is 0. The normalized spacial score (nSPS) is 38.5. The summed E-state index contributed by atoms with van der Waals surface area (Å²) in [6.45, 7) is 0. The second kappa shape index (κ2) is 7.82. The van der Waals surface area contributed by atoms with Crippen molar-refractivity contribution >= 4 is 0 Å². The Morgan fingerprint density at radius 1 is 0.571 bits per heavy atom. The highest BCUT2D eigenvalue weighted by Gasteiger charge is 2.21. The average molecular weight is 282 g/mol. The Morgan fingerprint density at radius 2 is 1.24 bits per heavy atom. The Morgan fingerprint density at radius 3 is 2.00 bits per heavy atom. The minimum Gasteiger partial charge on any atom is -0.0885 e. The summed E-state index contributed by atoms with van der Waals surface area (Å²) in [5.74, 6) is 3.58. The van der Waals surface area contributed by atoms with Crippen molar-refractivity contribution in [3.8, 4) is 0 Å². The highest BCUT2D eigenvalue weighted by Crippen LogP contribution is 2.33. The second-order valence-corrected chi connectivity index (χ2v) is 7.15. The minimum atomic E-state index is 0.854. The predicted octanol–water partition coefficient (Wildman–Crippen LogP) is 6.23. The first-order valence-corrected chi connectivity index (χ1v) is 9.07. The van der Waals surface area contributed by atoms with Gasteiger partial charge < -0.3 is 0 Å². The number of fused-ring (bicyclic) bond motifs is 5. The van der Waals surface area contributed by atoms with Gasteiger partial charge in [-0.05, 0) is 75.0 Å². The predicted molar refractivity (Wildman–Crippen MR) is 92.1 cm³/mol. The highest BCUT2D eigenvalue weighted by atomic mass is 14.3. The van der Waals surface area contributed by atoms with Gasteiger partial charge in [0.1, 0.15) is 0 Å². The summed E-state index contributed by atoms with van der Waals surface area (Å²) >= 11 is 0. The van der Waals surface area contributed by atoms with Crippen molar-refractivity contribution in [2.45, 2.75) is 57.8 Å². The van der Waals surface area contributed by atoms with Gasteiger partial charge in [0.05, 0.1) is 0 Å². The Kier molecular flexibility index (Phi) is 5.54. The van der Waals surface area contributed by atoms with Crippen LogP contribution in [-0.2, 0) is 0 Å². The molecule has 0 aromatic carbocycles. The lowest BCUT2D eigenvalue weighted by atomic mass is 9.85. The third-order valence-corrected chi connectivity index (χ3v) is 5.54. The van der Waals surface area contributed by atoms with Gasteiger partial charge in [0, 0.05) is 0 Å². The van der Waals surface area contributed by atoms with E-state index >= 15 is 0 Å². The summed E-state index contributed by atoms with van der Waals surface area (Å²) in [4.78, 5) is 0. The van der Waals surface area contributed by atoms with Gasteiger partial charge in [-0.3, -0.25) is 0 Å². The molecule has 0 spiro atoms. The first kappa shape index (κ1) is 14.9. The van der Waals surface area contributed by atoms with Crippen LogP contribution in [-0.4, -0.2) is 0 Å². The summed E-state index contributed by atoms with van der Waals surface area (Å²) in [6.07, 6.45) is 31.3. The topological polar surface area (TPSA) is 0 Å². The van der Waals surface area contributed by atoms with Gasteiger partial charge in [-0.25, -0.2) is 0 Å². The molecule has 0 aromatic heterocycles. The molecule has 0 aromatic rings. The Hall–Kier alpha value is -1.04. The fraction of sp³-hybridized carbons (Fsp3) is 0.619. The molecule has 4 atom stereocenters. The minimum absolute atomic E-state index is 0.854. The van der Waals surface area contributed by atoms with E-state index in [2.05, 4.69) is 48.6 Å². The maximum Gasteiger partial charge on any atom is -0.0196 e. The Balaban J connectivity index is 0.000000126. The zero-order chi connectivity index (χ0) is 14.3. The molecular formula is C21H30. The first-order valence-electron chi connectivity index (χ1n) is 9.07. The van der Waals surface area contributed by atoms with E-state index in [4.69, 9.17) is 0 Å². The van der Waals surface area contributed by atoms with Gasteiger partial charge >= 0.3 is 0 Å². The third-order valence-electron chi connectivity index (χ3n) is 5.54. The van der Waals surface area contributed by atoms with Crippen molar-refractivity contribution in [3.05, 3.63) is 48.6 Å². The van der Waals surface area contributed by atoms with E-state index in [1.807, 2.05) is 0 Å². The smallest absolute Gasteiger partial charge is 0.0196 e. The Labute approximate surface area is 130 Å². The SMILES string of the molecule is C1=CC2C/C=C/C(C1)CCC2.C1=CCC2CC=CC2CC1. The van der Waals surface area contributed by atoms with Gasteiger partial charge in [0.15, 0.2) is 0 Å². The fourth-order valence-corrected chi connectivity index (χ4v) is 4.16. The lowest BCUT2D eigenvalue weighted by Crippen LogP contribution is -2.06. The number of allylic oxidation sites excluding steroid dienone is 8. The summed E-state index contributed by atoms with van der Waals surface area (Å²) in [5.41, 5.74) is 0. The van der Waals surface area contributed by atoms with E-state index in [0.717, 1.165) is 23.7 Å². The lowest BCUT2D eigenvalue weighted by Gasteiger charge is -2.20. The molecule has 0 heteroatoms. The van der Waals surface area contributed by atoms with Crippen LogP contribution in [0.1, 0.15) is 57.8 Å². The highest BCUT2D eigenvalue weighted by molar-refractivity contribution is 5.06. The van der Waals surface area contributed by atoms with E-state index in [9.17, 15) is 0 Å². The van der Waals surface area contributed by atoms with Crippen LogP contribution >= 0.6 is 0 Å². The molecule has 0 N–H and O–H groups in total. The number of hydrogen-bond donors (Lipinski definition) is 0. The van der Waals surface area contributed by atoms with Gasteiger partial charge in [-0.15, -0.1) is 0 Å². The molecule has 0 heterocycles. The first-order chi connectivity index (χ1) is 10.4. The van der Waals surface area contributed by atoms with Crippen molar-refractivity contribution in [2.75, 3.05) is 0 Å². The van der Waals surface area contributed by atoms with Crippen molar-refractivity contribution in [2.24, 2.45) is 23.7 Å². The van der Waals surface area contributed by atoms with Gasteiger partial charge in [-0.1, -0.05) is 55.0 Å².